The predicted molar refractivity (Wildman–Crippen MR) is 60.4 cm³/mol. The van der Waals surface area contributed by atoms with Gasteiger partial charge in [-0.3, -0.25) is 10.1 Å². The fourth-order valence-corrected chi connectivity index (χ4v) is 1.04. The number of hydrogen-bond donors (Lipinski definition) is 3. The van der Waals surface area contributed by atoms with Gasteiger partial charge in [-0.15, -0.1) is 0 Å². The molecule has 17 heavy (non-hydrogen) atoms. The van der Waals surface area contributed by atoms with E-state index in [1.165, 1.54) is 13.0 Å². The van der Waals surface area contributed by atoms with Gasteiger partial charge in [-0.1, -0.05) is 12.1 Å². The summed E-state index contributed by atoms with van der Waals surface area (Å²) in [6.07, 6.45) is -0.947. The minimum absolute atomic E-state index is 0.106. The van der Waals surface area contributed by atoms with E-state index >= 15 is 0 Å². The maximum absolute atomic E-state index is 10.3. The number of nitro benzene ring substituents is 1. The number of aliphatic hydroxyl groups is 2. The summed E-state index contributed by atoms with van der Waals surface area (Å²) in [5, 5.41) is 29.7. The first kappa shape index (κ1) is 13.4. The molecule has 0 spiro atoms. The van der Waals surface area contributed by atoms with Gasteiger partial charge in [-0.25, -0.2) is 0 Å². The number of nitrogens with zero attached hydrogens (tertiary/aromatic N) is 1. The number of para-hydroxylation sites is 2. The standard InChI is InChI=1S/C7H8N2O2.C3H6O3/c1-8-6-4-2-3-5-7(6)9(10)11;1-3(5)2(4)6-3/h2-5,8H,1H3;2,4-5H,1H3. The smallest absolute Gasteiger partial charge is 0.292 e. The Morgan fingerprint density at radius 1 is 1.53 bits per heavy atom. The lowest BCUT2D eigenvalue weighted by Gasteiger charge is -1.98. The second-order valence-electron chi connectivity index (χ2n) is 3.55. The Bertz CT molecular complexity index is 407. The minimum atomic E-state index is -1.24. The number of aliphatic hydroxyl groups excluding tert-OH is 1. The number of rotatable bonds is 2. The van der Waals surface area contributed by atoms with Crippen LogP contribution in [0.4, 0.5) is 11.4 Å². The summed E-state index contributed by atoms with van der Waals surface area (Å²) >= 11 is 0. The Hall–Kier alpha value is -1.70. The summed E-state index contributed by atoms with van der Waals surface area (Å²) in [4.78, 5) is 9.94. The topological polar surface area (TPSA) is 108 Å². The van der Waals surface area contributed by atoms with Crippen LogP contribution < -0.4 is 5.32 Å². The van der Waals surface area contributed by atoms with Gasteiger partial charge in [0, 0.05) is 13.1 Å². The average Bonchev–Trinajstić information content (AvgIpc) is 2.84. The van der Waals surface area contributed by atoms with E-state index in [1.807, 2.05) is 0 Å². The number of ether oxygens (including phenoxy) is 1. The van der Waals surface area contributed by atoms with E-state index in [4.69, 9.17) is 10.2 Å². The zero-order valence-corrected chi connectivity index (χ0v) is 9.45. The van der Waals surface area contributed by atoms with Crippen LogP contribution in [0.3, 0.4) is 0 Å². The fourth-order valence-electron chi connectivity index (χ4n) is 1.04. The molecule has 1 aromatic rings. The lowest BCUT2D eigenvalue weighted by molar-refractivity contribution is -0.383. The lowest BCUT2D eigenvalue weighted by Crippen LogP contribution is -2.05. The Morgan fingerprint density at radius 2 is 2.00 bits per heavy atom. The highest BCUT2D eigenvalue weighted by Crippen LogP contribution is 2.29. The van der Waals surface area contributed by atoms with Crippen LogP contribution in [0, 0.1) is 10.1 Å². The number of benzene rings is 1. The summed E-state index contributed by atoms with van der Waals surface area (Å²) in [6.45, 7) is 1.40. The van der Waals surface area contributed by atoms with Crippen LogP contribution in [0.25, 0.3) is 0 Å². The first-order valence-corrected chi connectivity index (χ1v) is 4.88. The molecule has 0 aromatic heterocycles. The Balaban J connectivity index is 0.000000202. The summed E-state index contributed by atoms with van der Waals surface area (Å²) in [7, 11) is 1.66. The minimum Gasteiger partial charge on any atom is -0.383 e. The van der Waals surface area contributed by atoms with E-state index in [0.717, 1.165) is 0 Å². The number of hydrogen-bond acceptors (Lipinski definition) is 6. The SMILES string of the molecule is CC1(O)OC1O.CNc1ccccc1[N+](=O)[O-]. The average molecular weight is 242 g/mol. The van der Waals surface area contributed by atoms with Crippen molar-refractivity contribution in [2.45, 2.75) is 19.0 Å². The van der Waals surface area contributed by atoms with Crippen LogP contribution in [0.15, 0.2) is 24.3 Å². The van der Waals surface area contributed by atoms with Crippen molar-refractivity contribution < 1.29 is 19.9 Å². The first-order chi connectivity index (χ1) is 7.88. The van der Waals surface area contributed by atoms with E-state index < -0.39 is 17.0 Å². The van der Waals surface area contributed by atoms with Crippen LogP contribution in [0.2, 0.25) is 0 Å². The normalized spacial score (nSPS) is 25.5. The highest BCUT2D eigenvalue weighted by atomic mass is 16.8. The molecule has 3 N–H and O–H groups in total. The van der Waals surface area contributed by atoms with E-state index in [9.17, 15) is 10.1 Å². The van der Waals surface area contributed by atoms with Crippen LogP contribution in [0.1, 0.15) is 6.92 Å². The molecule has 0 aliphatic carbocycles. The third-order valence-electron chi connectivity index (χ3n) is 2.12. The molecule has 94 valence electrons. The van der Waals surface area contributed by atoms with Crippen molar-refractivity contribution in [1.29, 1.82) is 0 Å². The number of epoxide rings is 1. The van der Waals surface area contributed by atoms with Crippen molar-refractivity contribution in [2.75, 3.05) is 12.4 Å². The van der Waals surface area contributed by atoms with E-state index in [2.05, 4.69) is 10.1 Å². The summed E-state index contributed by atoms with van der Waals surface area (Å²) < 4.78 is 4.22. The van der Waals surface area contributed by atoms with Gasteiger partial charge in [-0.2, -0.15) is 0 Å². The van der Waals surface area contributed by atoms with Crippen LogP contribution in [-0.4, -0.2) is 34.3 Å². The largest absolute Gasteiger partial charge is 0.383 e. The van der Waals surface area contributed by atoms with Crippen molar-refractivity contribution in [3.05, 3.63) is 34.4 Å². The fraction of sp³-hybridized carbons (Fsp3) is 0.400. The molecule has 1 aromatic carbocycles. The molecule has 7 nitrogen and oxygen atoms in total. The number of nitrogens with one attached hydrogen (secondary N) is 1. The molecule has 0 amide bonds. The molecule has 1 fully saturated rings. The predicted octanol–water partition coefficient (Wildman–Crippen LogP) is 0.680. The zero-order valence-electron chi connectivity index (χ0n) is 9.45. The summed E-state index contributed by atoms with van der Waals surface area (Å²) in [5.74, 6) is -1.24. The van der Waals surface area contributed by atoms with E-state index in [-0.39, 0.29) is 5.69 Å². The molecular formula is C10H14N2O5. The summed E-state index contributed by atoms with van der Waals surface area (Å²) in [5.41, 5.74) is 0.646. The van der Waals surface area contributed by atoms with E-state index in [1.54, 1.807) is 25.2 Å². The highest BCUT2D eigenvalue weighted by Gasteiger charge is 2.49. The molecule has 1 aliphatic rings. The quantitative estimate of drug-likeness (QED) is 0.400. The summed E-state index contributed by atoms with van der Waals surface area (Å²) in [6, 6.07) is 6.52. The first-order valence-electron chi connectivity index (χ1n) is 4.88. The molecule has 2 unspecified atom stereocenters. The van der Waals surface area contributed by atoms with Crippen molar-refractivity contribution in [1.82, 2.24) is 0 Å². The van der Waals surface area contributed by atoms with Crippen molar-refractivity contribution in [2.24, 2.45) is 0 Å². The van der Waals surface area contributed by atoms with Gasteiger partial charge < -0.3 is 20.3 Å². The van der Waals surface area contributed by atoms with Gasteiger partial charge in [0.15, 0.2) is 0 Å². The number of anilines is 1. The van der Waals surface area contributed by atoms with Crippen molar-refractivity contribution >= 4 is 11.4 Å². The molecule has 7 heteroatoms. The molecule has 1 aliphatic heterocycles. The van der Waals surface area contributed by atoms with Gasteiger partial charge in [0.2, 0.25) is 12.1 Å². The molecule has 1 saturated heterocycles. The maximum atomic E-state index is 10.3. The molecule has 0 radical (unpaired) electrons. The van der Waals surface area contributed by atoms with E-state index in [0.29, 0.717) is 5.69 Å². The van der Waals surface area contributed by atoms with Gasteiger partial charge in [-0.05, 0) is 13.0 Å². The maximum Gasteiger partial charge on any atom is 0.292 e. The van der Waals surface area contributed by atoms with Gasteiger partial charge in [0.05, 0.1) is 4.92 Å². The molecule has 2 atom stereocenters. The monoisotopic (exact) mass is 242 g/mol. The second-order valence-corrected chi connectivity index (χ2v) is 3.55. The van der Waals surface area contributed by atoms with Crippen LogP contribution in [0.5, 0.6) is 0 Å². The second kappa shape index (κ2) is 5.09. The van der Waals surface area contributed by atoms with Gasteiger partial charge in [0.25, 0.3) is 5.69 Å². The van der Waals surface area contributed by atoms with Crippen LogP contribution in [-0.2, 0) is 4.74 Å². The number of nitro groups is 1. The molecule has 0 saturated carbocycles. The molecular weight excluding hydrogens is 228 g/mol. The lowest BCUT2D eigenvalue weighted by atomic mass is 10.3. The van der Waals surface area contributed by atoms with Crippen molar-refractivity contribution in [3.8, 4) is 0 Å². The molecule has 2 rings (SSSR count). The third-order valence-corrected chi connectivity index (χ3v) is 2.12. The van der Waals surface area contributed by atoms with Gasteiger partial charge in [0.1, 0.15) is 5.69 Å². The molecule has 0 bridgehead atoms. The molecule has 1 heterocycles. The van der Waals surface area contributed by atoms with Crippen molar-refractivity contribution in [3.63, 3.8) is 0 Å². The van der Waals surface area contributed by atoms with Gasteiger partial charge >= 0.3 is 0 Å². The Kier molecular flexibility index (Phi) is 4.00. The zero-order chi connectivity index (χ0) is 13.1. The highest BCUT2D eigenvalue weighted by molar-refractivity contribution is 5.60. The third kappa shape index (κ3) is 3.66. The Morgan fingerprint density at radius 3 is 2.29 bits per heavy atom. The Labute approximate surface area is 97.8 Å². The van der Waals surface area contributed by atoms with Crippen LogP contribution >= 0.6 is 0 Å².